The molecule has 0 saturated carbocycles. The maximum atomic E-state index is 14.1. The molecule has 2 aliphatic heterocycles. The molecule has 4 heterocycles. The summed E-state index contributed by atoms with van der Waals surface area (Å²) in [6, 6.07) is 8.95. The molecular formula is C27H26Cl2FN5O3. The van der Waals surface area contributed by atoms with E-state index >= 15 is 0 Å². The van der Waals surface area contributed by atoms with E-state index in [1.807, 2.05) is 18.2 Å². The molecule has 38 heavy (non-hydrogen) atoms. The van der Waals surface area contributed by atoms with Crippen LogP contribution in [0.5, 0.6) is 0 Å². The standard InChI is InChI=1S/C27H26Cl2FN5O3/c1-2-38-27(36)26(25-22-11-17(30)13-34(22)15-31-25)35-14-20-21(28)12-19(23(29)24(20)32-35)16-3-5-18(6-4-16)33-7-9-37-10-8-33/h3-6,12,14-15,17,26H,2,7-11,13H2,1H3. The Morgan fingerprint density at radius 1 is 1.24 bits per heavy atom. The Morgan fingerprint density at radius 3 is 2.74 bits per heavy atom. The number of benzene rings is 2. The second-order valence-corrected chi connectivity index (χ2v) is 10.2. The first kappa shape index (κ1) is 25.2. The average molecular weight is 558 g/mol. The van der Waals surface area contributed by atoms with Gasteiger partial charge in [-0.25, -0.2) is 14.2 Å². The highest BCUT2D eigenvalue weighted by atomic mass is 35.5. The fraction of sp³-hybridized carbons (Fsp3) is 0.370. The van der Waals surface area contributed by atoms with Crippen molar-refractivity contribution in [3.8, 4) is 11.1 Å². The van der Waals surface area contributed by atoms with Gasteiger partial charge < -0.3 is 18.9 Å². The van der Waals surface area contributed by atoms with Gasteiger partial charge in [0.15, 0.2) is 6.04 Å². The number of alkyl halides is 1. The smallest absolute Gasteiger partial charge is 0.337 e. The average Bonchev–Trinajstić information content (AvgIpc) is 3.63. The van der Waals surface area contributed by atoms with Gasteiger partial charge in [0.1, 0.15) is 11.7 Å². The SMILES string of the molecule is CCOC(=O)C(c1ncn2c1CC(F)C2)n1cc2c(Cl)cc(-c3ccc(N4CCOCC4)cc3)c(Cl)c2n1. The van der Waals surface area contributed by atoms with Crippen LogP contribution in [0, 0.1) is 0 Å². The van der Waals surface area contributed by atoms with Gasteiger partial charge in [-0.1, -0.05) is 35.3 Å². The van der Waals surface area contributed by atoms with E-state index in [2.05, 4.69) is 27.1 Å². The fourth-order valence-electron chi connectivity index (χ4n) is 5.22. The summed E-state index contributed by atoms with van der Waals surface area (Å²) < 4.78 is 28.1. The van der Waals surface area contributed by atoms with E-state index in [0.29, 0.717) is 45.5 Å². The zero-order valence-corrected chi connectivity index (χ0v) is 22.3. The Balaban J connectivity index is 1.39. The Morgan fingerprint density at radius 2 is 2.00 bits per heavy atom. The minimum atomic E-state index is -1.02. The zero-order chi connectivity index (χ0) is 26.4. The molecule has 0 bridgehead atoms. The van der Waals surface area contributed by atoms with E-state index in [4.69, 9.17) is 32.7 Å². The molecule has 2 atom stereocenters. The summed E-state index contributed by atoms with van der Waals surface area (Å²) in [6.07, 6.45) is 2.38. The molecule has 0 amide bonds. The van der Waals surface area contributed by atoms with Gasteiger partial charge >= 0.3 is 5.97 Å². The van der Waals surface area contributed by atoms with E-state index in [9.17, 15) is 9.18 Å². The van der Waals surface area contributed by atoms with Crippen LogP contribution in [0.25, 0.3) is 22.0 Å². The number of esters is 1. The number of morpholine rings is 1. The number of nitrogens with zero attached hydrogens (tertiary/aromatic N) is 5. The van der Waals surface area contributed by atoms with Crippen LogP contribution in [0.4, 0.5) is 10.1 Å². The lowest BCUT2D eigenvalue weighted by molar-refractivity contribution is -0.146. The van der Waals surface area contributed by atoms with Crippen LogP contribution in [0.15, 0.2) is 42.9 Å². The number of imidazole rings is 1. The number of rotatable bonds is 6. The number of aromatic nitrogens is 4. The van der Waals surface area contributed by atoms with Crippen molar-refractivity contribution < 1.29 is 18.7 Å². The van der Waals surface area contributed by atoms with Crippen molar-refractivity contribution in [3.63, 3.8) is 0 Å². The highest BCUT2D eigenvalue weighted by Crippen LogP contribution is 2.40. The van der Waals surface area contributed by atoms with Gasteiger partial charge in [0.25, 0.3) is 0 Å². The summed E-state index contributed by atoms with van der Waals surface area (Å²) in [5.74, 6) is -0.532. The van der Waals surface area contributed by atoms with Gasteiger partial charge in [0.05, 0.1) is 48.4 Å². The highest BCUT2D eigenvalue weighted by Gasteiger charge is 2.35. The molecule has 4 aromatic rings. The number of halogens is 3. The van der Waals surface area contributed by atoms with Crippen molar-refractivity contribution in [2.45, 2.75) is 32.1 Å². The van der Waals surface area contributed by atoms with E-state index in [1.54, 1.807) is 24.0 Å². The predicted molar refractivity (Wildman–Crippen MR) is 144 cm³/mol. The maximum Gasteiger partial charge on any atom is 0.337 e. The lowest BCUT2D eigenvalue weighted by Gasteiger charge is -2.29. The van der Waals surface area contributed by atoms with Crippen LogP contribution in [-0.4, -0.2) is 64.4 Å². The molecule has 2 aliphatic rings. The number of carbonyl (C=O) groups is 1. The van der Waals surface area contributed by atoms with Crippen molar-refractivity contribution in [2.24, 2.45) is 0 Å². The van der Waals surface area contributed by atoms with E-state index < -0.39 is 18.2 Å². The molecule has 11 heteroatoms. The topological polar surface area (TPSA) is 74.4 Å². The zero-order valence-electron chi connectivity index (χ0n) is 20.7. The van der Waals surface area contributed by atoms with Gasteiger partial charge in [-0.3, -0.25) is 4.68 Å². The number of carbonyl (C=O) groups excluding carboxylic acids is 1. The molecule has 0 spiro atoms. The van der Waals surface area contributed by atoms with Crippen LogP contribution >= 0.6 is 23.2 Å². The third kappa shape index (κ3) is 4.42. The molecule has 1 fully saturated rings. The first-order valence-corrected chi connectivity index (χ1v) is 13.3. The molecule has 8 nitrogen and oxygen atoms in total. The van der Waals surface area contributed by atoms with Crippen LogP contribution in [-0.2, 0) is 27.2 Å². The Hall–Kier alpha value is -3.14. The minimum absolute atomic E-state index is 0.179. The highest BCUT2D eigenvalue weighted by molar-refractivity contribution is 6.42. The first-order valence-electron chi connectivity index (χ1n) is 12.6. The van der Waals surface area contributed by atoms with Crippen molar-refractivity contribution in [1.29, 1.82) is 0 Å². The molecular weight excluding hydrogens is 532 g/mol. The molecule has 1 saturated heterocycles. The van der Waals surface area contributed by atoms with E-state index in [0.717, 1.165) is 29.9 Å². The summed E-state index contributed by atoms with van der Waals surface area (Å²) in [7, 11) is 0. The number of ether oxygens (including phenoxy) is 2. The number of anilines is 1. The Labute approximate surface area is 228 Å². The maximum absolute atomic E-state index is 14.1. The normalized spacial score (nSPS) is 18.1. The monoisotopic (exact) mass is 557 g/mol. The minimum Gasteiger partial charge on any atom is -0.464 e. The lowest BCUT2D eigenvalue weighted by atomic mass is 10.0. The fourth-order valence-corrected chi connectivity index (χ4v) is 5.77. The third-order valence-corrected chi connectivity index (χ3v) is 7.78. The van der Waals surface area contributed by atoms with Crippen molar-refractivity contribution in [3.05, 3.63) is 64.3 Å². The molecule has 2 aromatic heterocycles. The van der Waals surface area contributed by atoms with Crippen molar-refractivity contribution in [1.82, 2.24) is 19.3 Å². The lowest BCUT2D eigenvalue weighted by Crippen LogP contribution is -2.36. The summed E-state index contributed by atoms with van der Waals surface area (Å²) in [6.45, 7) is 5.25. The molecule has 198 valence electrons. The molecule has 0 radical (unpaired) electrons. The third-order valence-electron chi connectivity index (χ3n) is 7.08. The van der Waals surface area contributed by atoms with Gasteiger partial charge in [0.2, 0.25) is 0 Å². The van der Waals surface area contributed by atoms with Gasteiger partial charge in [-0.15, -0.1) is 0 Å². The van der Waals surface area contributed by atoms with Gasteiger partial charge in [0, 0.05) is 48.0 Å². The predicted octanol–water partition coefficient (Wildman–Crippen LogP) is 5.09. The first-order chi connectivity index (χ1) is 18.4. The van der Waals surface area contributed by atoms with Gasteiger partial charge in [-0.2, -0.15) is 5.10 Å². The van der Waals surface area contributed by atoms with Crippen LogP contribution in [0.1, 0.15) is 24.4 Å². The molecule has 2 aromatic carbocycles. The number of fused-ring (bicyclic) bond motifs is 2. The molecule has 6 rings (SSSR count). The summed E-state index contributed by atoms with van der Waals surface area (Å²) in [5.41, 5.74) is 4.29. The number of hydrogen-bond donors (Lipinski definition) is 0. The van der Waals surface area contributed by atoms with E-state index in [1.165, 1.54) is 4.68 Å². The largest absolute Gasteiger partial charge is 0.464 e. The second kappa shape index (κ2) is 10.2. The summed E-state index contributed by atoms with van der Waals surface area (Å²) in [4.78, 5) is 19.8. The molecule has 0 aliphatic carbocycles. The molecule has 0 N–H and O–H groups in total. The Bertz CT molecular complexity index is 1500. The van der Waals surface area contributed by atoms with Crippen LogP contribution < -0.4 is 4.90 Å². The summed E-state index contributed by atoms with van der Waals surface area (Å²) in [5, 5.41) is 6.15. The number of hydrogen-bond acceptors (Lipinski definition) is 6. The molecule has 2 unspecified atom stereocenters. The van der Waals surface area contributed by atoms with Crippen LogP contribution in [0.3, 0.4) is 0 Å². The Kier molecular flexibility index (Phi) is 6.75. The second-order valence-electron chi connectivity index (χ2n) is 9.42. The van der Waals surface area contributed by atoms with Crippen molar-refractivity contribution in [2.75, 3.05) is 37.8 Å². The quantitative estimate of drug-likeness (QED) is 0.307. The van der Waals surface area contributed by atoms with Gasteiger partial charge in [-0.05, 0) is 30.7 Å². The van der Waals surface area contributed by atoms with Crippen LogP contribution in [0.2, 0.25) is 10.0 Å². The van der Waals surface area contributed by atoms with E-state index in [-0.39, 0.29) is 19.6 Å². The summed E-state index contributed by atoms with van der Waals surface area (Å²) >= 11 is 13.6. The van der Waals surface area contributed by atoms with Crippen molar-refractivity contribution >= 4 is 45.8 Å².